The lowest BCUT2D eigenvalue weighted by molar-refractivity contribution is 0.0627. The summed E-state index contributed by atoms with van der Waals surface area (Å²) in [4.78, 5) is 17.2. The molecule has 1 fully saturated rings. The van der Waals surface area contributed by atoms with E-state index in [1.165, 1.54) is 11.1 Å². The summed E-state index contributed by atoms with van der Waals surface area (Å²) < 4.78 is 10.6. The maximum atomic E-state index is 12.9. The Bertz CT molecular complexity index is 761. The first-order valence-electron chi connectivity index (χ1n) is 9.46. The number of hydrogen-bond donors (Lipinski definition) is 0. The molecule has 0 aliphatic carbocycles. The van der Waals surface area contributed by atoms with Gasteiger partial charge in [-0.25, -0.2) is 0 Å². The van der Waals surface area contributed by atoms with Crippen LogP contribution in [0.5, 0.6) is 11.5 Å². The number of carbonyl (C=O) groups excluding carboxylic acids is 1. The van der Waals surface area contributed by atoms with E-state index in [1.807, 2.05) is 4.90 Å². The number of carbonyl (C=O) groups is 1. The third kappa shape index (κ3) is 4.61. The number of nitrogens with zero attached hydrogens (tertiary/aromatic N) is 2. The molecule has 1 amide bonds. The smallest absolute Gasteiger partial charge is 0.254 e. The molecule has 1 saturated heterocycles. The minimum Gasteiger partial charge on any atom is -0.497 e. The van der Waals surface area contributed by atoms with Crippen molar-refractivity contribution >= 4 is 5.91 Å². The predicted molar refractivity (Wildman–Crippen MR) is 107 cm³/mol. The third-order valence-electron chi connectivity index (χ3n) is 5.15. The second-order valence-corrected chi connectivity index (χ2v) is 6.79. The van der Waals surface area contributed by atoms with Crippen molar-refractivity contribution in [2.45, 2.75) is 19.9 Å². The topological polar surface area (TPSA) is 42.0 Å². The van der Waals surface area contributed by atoms with Gasteiger partial charge in [0.05, 0.1) is 14.2 Å². The lowest BCUT2D eigenvalue weighted by Crippen LogP contribution is -2.48. The van der Waals surface area contributed by atoms with Crippen LogP contribution in [0.2, 0.25) is 0 Å². The minimum atomic E-state index is 0.0285. The van der Waals surface area contributed by atoms with Gasteiger partial charge in [0.25, 0.3) is 5.91 Å². The van der Waals surface area contributed by atoms with Crippen molar-refractivity contribution in [3.8, 4) is 11.5 Å². The van der Waals surface area contributed by atoms with Gasteiger partial charge in [0.15, 0.2) is 0 Å². The van der Waals surface area contributed by atoms with Crippen molar-refractivity contribution in [1.82, 2.24) is 9.80 Å². The summed E-state index contributed by atoms with van der Waals surface area (Å²) in [7, 11) is 3.19. The number of methoxy groups -OCH3 is 2. The van der Waals surface area contributed by atoms with Crippen molar-refractivity contribution in [1.29, 1.82) is 0 Å². The van der Waals surface area contributed by atoms with E-state index >= 15 is 0 Å². The van der Waals surface area contributed by atoms with Crippen molar-refractivity contribution < 1.29 is 14.3 Å². The average molecular weight is 368 g/mol. The van der Waals surface area contributed by atoms with Crippen LogP contribution in [0.3, 0.4) is 0 Å². The monoisotopic (exact) mass is 368 g/mol. The molecule has 5 nitrogen and oxygen atoms in total. The van der Waals surface area contributed by atoms with Gasteiger partial charge in [-0.3, -0.25) is 9.69 Å². The molecule has 1 heterocycles. The molecule has 1 aliphatic rings. The molecule has 0 radical (unpaired) electrons. The largest absolute Gasteiger partial charge is 0.497 e. The second kappa shape index (κ2) is 8.91. The molecule has 2 aromatic carbocycles. The summed E-state index contributed by atoms with van der Waals surface area (Å²) in [5.74, 6) is 1.29. The molecule has 0 N–H and O–H groups in total. The highest BCUT2D eigenvalue weighted by Gasteiger charge is 2.23. The second-order valence-electron chi connectivity index (χ2n) is 6.79. The highest BCUT2D eigenvalue weighted by Crippen LogP contribution is 2.24. The Kier molecular flexibility index (Phi) is 6.35. The van der Waals surface area contributed by atoms with Crippen LogP contribution in [0, 0.1) is 0 Å². The van der Waals surface area contributed by atoms with Crippen LogP contribution in [0.15, 0.2) is 42.5 Å². The van der Waals surface area contributed by atoms with Crippen molar-refractivity contribution in [2.24, 2.45) is 0 Å². The van der Waals surface area contributed by atoms with E-state index in [-0.39, 0.29) is 5.91 Å². The molecular formula is C22H28N2O3. The van der Waals surface area contributed by atoms with E-state index in [0.29, 0.717) is 17.1 Å². The Morgan fingerprint density at radius 1 is 0.926 bits per heavy atom. The van der Waals surface area contributed by atoms with Gasteiger partial charge < -0.3 is 14.4 Å². The lowest BCUT2D eigenvalue weighted by Gasteiger charge is -2.35. The molecular weight excluding hydrogens is 340 g/mol. The molecule has 0 atom stereocenters. The number of rotatable bonds is 6. The van der Waals surface area contributed by atoms with E-state index in [4.69, 9.17) is 9.47 Å². The Balaban J connectivity index is 1.63. The van der Waals surface area contributed by atoms with Crippen LogP contribution in [0.4, 0.5) is 0 Å². The van der Waals surface area contributed by atoms with E-state index in [1.54, 1.807) is 32.4 Å². The van der Waals surface area contributed by atoms with E-state index in [0.717, 1.165) is 39.1 Å². The number of benzene rings is 2. The highest BCUT2D eigenvalue weighted by atomic mass is 16.5. The van der Waals surface area contributed by atoms with Gasteiger partial charge in [-0.05, 0) is 29.7 Å². The third-order valence-corrected chi connectivity index (χ3v) is 5.15. The SMILES string of the molecule is CCc1ccccc1CN1CCN(C(=O)c2cc(OC)cc(OC)c2)CC1. The van der Waals surface area contributed by atoms with Crippen LogP contribution >= 0.6 is 0 Å². The summed E-state index contributed by atoms with van der Waals surface area (Å²) in [6, 6.07) is 13.9. The fourth-order valence-electron chi connectivity index (χ4n) is 3.52. The number of piperazine rings is 1. The maximum absolute atomic E-state index is 12.9. The Morgan fingerprint density at radius 3 is 2.07 bits per heavy atom. The first-order chi connectivity index (χ1) is 13.1. The fraction of sp³-hybridized carbons (Fsp3) is 0.409. The first kappa shape index (κ1) is 19.2. The number of hydrogen-bond acceptors (Lipinski definition) is 4. The molecule has 27 heavy (non-hydrogen) atoms. The summed E-state index contributed by atoms with van der Waals surface area (Å²) >= 11 is 0. The van der Waals surface area contributed by atoms with Crippen molar-refractivity contribution in [2.75, 3.05) is 40.4 Å². The van der Waals surface area contributed by atoms with Gasteiger partial charge in [-0.1, -0.05) is 31.2 Å². The standard InChI is InChI=1S/C22H28N2O3/c1-4-17-7-5-6-8-18(17)16-23-9-11-24(12-10-23)22(25)19-13-20(26-2)15-21(14-19)27-3/h5-8,13-15H,4,9-12,16H2,1-3H3. The van der Waals surface area contributed by atoms with Crippen LogP contribution in [-0.4, -0.2) is 56.1 Å². The number of aryl methyl sites for hydroxylation is 1. The van der Waals surface area contributed by atoms with Crippen molar-refractivity contribution in [3.63, 3.8) is 0 Å². The molecule has 1 aliphatic heterocycles. The maximum Gasteiger partial charge on any atom is 0.254 e. The van der Waals surface area contributed by atoms with Crippen LogP contribution in [0.25, 0.3) is 0 Å². The summed E-state index contributed by atoms with van der Waals surface area (Å²) in [5, 5.41) is 0. The fourth-order valence-corrected chi connectivity index (χ4v) is 3.52. The molecule has 0 saturated carbocycles. The molecule has 0 bridgehead atoms. The summed E-state index contributed by atoms with van der Waals surface area (Å²) in [5.41, 5.74) is 3.40. The normalized spacial score (nSPS) is 14.9. The van der Waals surface area contributed by atoms with Crippen LogP contribution in [0.1, 0.15) is 28.4 Å². The molecule has 5 heteroatoms. The number of ether oxygens (including phenoxy) is 2. The lowest BCUT2D eigenvalue weighted by atomic mass is 10.0. The van der Waals surface area contributed by atoms with Gasteiger partial charge >= 0.3 is 0 Å². The molecule has 0 aromatic heterocycles. The quantitative estimate of drug-likeness (QED) is 0.785. The van der Waals surface area contributed by atoms with Crippen LogP contribution in [-0.2, 0) is 13.0 Å². The summed E-state index contributed by atoms with van der Waals surface area (Å²) in [6.07, 6.45) is 1.05. The molecule has 2 aromatic rings. The Labute approximate surface area is 161 Å². The zero-order valence-electron chi connectivity index (χ0n) is 16.4. The predicted octanol–water partition coefficient (Wildman–Crippen LogP) is 3.22. The Hall–Kier alpha value is -2.53. The van der Waals surface area contributed by atoms with E-state index in [2.05, 4.69) is 36.1 Å². The molecule has 0 unspecified atom stereocenters. The van der Waals surface area contributed by atoms with Gasteiger partial charge in [0, 0.05) is 44.4 Å². The zero-order valence-corrected chi connectivity index (χ0v) is 16.4. The van der Waals surface area contributed by atoms with Crippen molar-refractivity contribution in [3.05, 3.63) is 59.2 Å². The Morgan fingerprint density at radius 2 is 1.52 bits per heavy atom. The zero-order chi connectivity index (χ0) is 19.2. The molecule has 3 rings (SSSR count). The van der Waals surface area contributed by atoms with Gasteiger partial charge in [-0.15, -0.1) is 0 Å². The highest BCUT2D eigenvalue weighted by molar-refractivity contribution is 5.95. The number of amides is 1. The van der Waals surface area contributed by atoms with Crippen LogP contribution < -0.4 is 9.47 Å². The minimum absolute atomic E-state index is 0.0285. The summed E-state index contributed by atoms with van der Waals surface area (Å²) in [6.45, 7) is 6.35. The molecule has 0 spiro atoms. The molecule has 144 valence electrons. The average Bonchev–Trinajstić information content (AvgIpc) is 2.73. The van der Waals surface area contributed by atoms with E-state index in [9.17, 15) is 4.79 Å². The first-order valence-corrected chi connectivity index (χ1v) is 9.46. The van der Waals surface area contributed by atoms with E-state index < -0.39 is 0 Å². The van der Waals surface area contributed by atoms with Gasteiger partial charge in [-0.2, -0.15) is 0 Å². The van der Waals surface area contributed by atoms with Gasteiger partial charge in [0.1, 0.15) is 11.5 Å². The van der Waals surface area contributed by atoms with Gasteiger partial charge in [0.2, 0.25) is 0 Å².